The molecule has 7 nitrogen and oxygen atoms in total. The van der Waals surface area contributed by atoms with Gasteiger partial charge in [0.1, 0.15) is 6.07 Å². The average molecular weight is 439 g/mol. The van der Waals surface area contributed by atoms with Gasteiger partial charge in [-0.1, -0.05) is 32.0 Å². The molecule has 162 valence electrons. The van der Waals surface area contributed by atoms with Gasteiger partial charge in [0.2, 0.25) is 15.9 Å². The van der Waals surface area contributed by atoms with Crippen molar-refractivity contribution in [2.75, 3.05) is 12.8 Å². The highest BCUT2D eigenvalue weighted by atomic mass is 32.2. The summed E-state index contributed by atoms with van der Waals surface area (Å²) in [5, 5.41) is 10.1. The lowest BCUT2D eigenvalue weighted by molar-refractivity contribution is 0.0999. The number of aryl methyl sites for hydroxylation is 2. The Balaban J connectivity index is 1.88. The highest BCUT2D eigenvalue weighted by molar-refractivity contribution is 7.88. The Morgan fingerprint density at radius 1 is 1.19 bits per heavy atom. The van der Waals surface area contributed by atoms with E-state index in [2.05, 4.69) is 15.8 Å². The van der Waals surface area contributed by atoms with Crippen LogP contribution in [0.5, 0.6) is 0 Å². The van der Waals surface area contributed by atoms with Gasteiger partial charge < -0.3 is 10.7 Å². The van der Waals surface area contributed by atoms with Gasteiger partial charge in [-0.15, -0.1) is 0 Å². The molecule has 0 radical (unpaired) electrons. The topological polar surface area (TPSA) is 129 Å². The van der Waals surface area contributed by atoms with Gasteiger partial charge >= 0.3 is 0 Å². The number of nitriles is 1. The minimum absolute atomic E-state index is 0.238. The van der Waals surface area contributed by atoms with Crippen LogP contribution in [-0.4, -0.2) is 32.1 Å². The van der Waals surface area contributed by atoms with E-state index in [0.29, 0.717) is 24.0 Å². The monoisotopic (exact) mass is 438 g/mol. The molecule has 3 rings (SSSR count). The number of primary amides is 1. The highest BCUT2D eigenvalue weighted by Gasteiger charge is 2.23. The number of hydrogen-bond donors (Lipinski definition) is 3. The summed E-state index contributed by atoms with van der Waals surface area (Å²) in [4.78, 5) is 15.0. The molecule has 3 aromatic rings. The van der Waals surface area contributed by atoms with E-state index in [0.717, 1.165) is 33.8 Å². The second-order valence-corrected chi connectivity index (χ2v) is 10.2. The van der Waals surface area contributed by atoms with Crippen LogP contribution < -0.4 is 10.5 Å². The molecule has 0 aliphatic heterocycles. The number of fused-ring (bicyclic) bond motifs is 1. The van der Waals surface area contributed by atoms with E-state index in [4.69, 9.17) is 5.73 Å². The zero-order valence-corrected chi connectivity index (χ0v) is 18.6. The second kappa shape index (κ2) is 8.53. The van der Waals surface area contributed by atoms with E-state index < -0.39 is 21.3 Å². The molecular formula is C23H26N4O3S. The van der Waals surface area contributed by atoms with Crippen LogP contribution in [0.3, 0.4) is 0 Å². The van der Waals surface area contributed by atoms with Crippen LogP contribution >= 0.6 is 0 Å². The first-order chi connectivity index (χ1) is 14.5. The standard InChI is InChI=1S/C23H26N4O3S/c1-23(2,14-27-31(3,29)30)18-7-8-19(22(25)28)16(11-18)6-4-15-5-9-21-20(10-15)17(12-24)13-26-21/h5,7-11,13,26-27H,4,6,14H2,1-3H3,(H2,25,28). The quantitative estimate of drug-likeness (QED) is 0.499. The third kappa shape index (κ3) is 5.32. The molecule has 0 spiro atoms. The number of benzene rings is 2. The van der Waals surface area contributed by atoms with Crippen molar-refractivity contribution in [2.45, 2.75) is 32.1 Å². The van der Waals surface area contributed by atoms with E-state index in [1.165, 1.54) is 0 Å². The minimum Gasteiger partial charge on any atom is -0.366 e. The first-order valence-corrected chi connectivity index (χ1v) is 11.8. The number of rotatable bonds is 8. The summed E-state index contributed by atoms with van der Waals surface area (Å²) in [5.74, 6) is -0.499. The first-order valence-electron chi connectivity index (χ1n) is 9.88. The van der Waals surface area contributed by atoms with Crippen molar-refractivity contribution in [2.24, 2.45) is 5.73 Å². The maximum absolute atomic E-state index is 12.0. The van der Waals surface area contributed by atoms with Crippen LogP contribution in [0.15, 0.2) is 42.6 Å². The number of carbonyl (C=O) groups is 1. The zero-order chi connectivity index (χ0) is 22.8. The Morgan fingerprint density at radius 2 is 1.94 bits per heavy atom. The van der Waals surface area contributed by atoms with Crippen molar-refractivity contribution in [3.05, 3.63) is 70.4 Å². The van der Waals surface area contributed by atoms with Gasteiger partial charge in [0.05, 0.1) is 11.8 Å². The Bertz CT molecular complexity index is 1280. The summed E-state index contributed by atoms with van der Waals surface area (Å²) in [6.07, 6.45) is 4.07. The summed E-state index contributed by atoms with van der Waals surface area (Å²) in [6.45, 7) is 4.12. The molecule has 1 amide bonds. The number of H-pyrrole nitrogens is 1. The van der Waals surface area contributed by atoms with Crippen molar-refractivity contribution in [3.8, 4) is 6.07 Å². The van der Waals surface area contributed by atoms with Crippen molar-refractivity contribution in [1.29, 1.82) is 5.26 Å². The Kier molecular flexibility index (Phi) is 6.20. The lowest BCUT2D eigenvalue weighted by Crippen LogP contribution is -2.36. The highest BCUT2D eigenvalue weighted by Crippen LogP contribution is 2.26. The van der Waals surface area contributed by atoms with E-state index >= 15 is 0 Å². The van der Waals surface area contributed by atoms with Crippen LogP contribution in [0.2, 0.25) is 0 Å². The Morgan fingerprint density at radius 3 is 2.58 bits per heavy atom. The summed E-state index contributed by atoms with van der Waals surface area (Å²) >= 11 is 0. The molecule has 1 heterocycles. The molecule has 0 saturated heterocycles. The van der Waals surface area contributed by atoms with E-state index in [1.807, 2.05) is 44.2 Å². The maximum Gasteiger partial charge on any atom is 0.248 e. The fourth-order valence-corrected chi connectivity index (χ4v) is 4.19. The molecule has 1 aromatic heterocycles. The van der Waals surface area contributed by atoms with Crippen molar-refractivity contribution < 1.29 is 13.2 Å². The van der Waals surface area contributed by atoms with Gasteiger partial charge in [-0.25, -0.2) is 13.1 Å². The number of aromatic amines is 1. The molecule has 0 atom stereocenters. The van der Waals surface area contributed by atoms with Gasteiger partial charge in [0.25, 0.3) is 0 Å². The lowest BCUT2D eigenvalue weighted by Gasteiger charge is -2.26. The van der Waals surface area contributed by atoms with Crippen molar-refractivity contribution in [3.63, 3.8) is 0 Å². The molecule has 31 heavy (non-hydrogen) atoms. The summed E-state index contributed by atoms with van der Waals surface area (Å²) in [7, 11) is -3.31. The molecule has 8 heteroatoms. The van der Waals surface area contributed by atoms with Crippen LogP contribution in [-0.2, 0) is 28.3 Å². The van der Waals surface area contributed by atoms with Gasteiger partial charge in [-0.2, -0.15) is 5.26 Å². The largest absolute Gasteiger partial charge is 0.366 e. The SMILES string of the molecule is CC(C)(CNS(C)(=O)=O)c1ccc(C(N)=O)c(CCc2ccc3[nH]cc(C#N)c3c2)c1. The number of nitrogens with zero attached hydrogens (tertiary/aromatic N) is 1. The smallest absolute Gasteiger partial charge is 0.248 e. The van der Waals surface area contributed by atoms with E-state index in [-0.39, 0.29) is 6.54 Å². The summed E-state index contributed by atoms with van der Waals surface area (Å²) in [6, 6.07) is 13.6. The van der Waals surface area contributed by atoms with Crippen LogP contribution in [0.25, 0.3) is 10.9 Å². The van der Waals surface area contributed by atoms with E-state index in [1.54, 1.807) is 12.3 Å². The normalized spacial score (nSPS) is 12.1. The number of amides is 1. The second-order valence-electron chi connectivity index (χ2n) is 8.41. The molecule has 0 aliphatic carbocycles. The molecule has 0 aliphatic rings. The maximum atomic E-state index is 12.0. The number of carbonyl (C=O) groups excluding carboxylic acids is 1. The summed E-state index contributed by atoms with van der Waals surface area (Å²) in [5.41, 5.74) is 9.83. The van der Waals surface area contributed by atoms with Crippen LogP contribution in [0.1, 0.15) is 46.5 Å². The number of sulfonamides is 1. The lowest BCUT2D eigenvalue weighted by atomic mass is 9.82. The van der Waals surface area contributed by atoms with Crippen molar-refractivity contribution in [1.82, 2.24) is 9.71 Å². The number of aromatic nitrogens is 1. The van der Waals surface area contributed by atoms with Crippen LogP contribution in [0.4, 0.5) is 0 Å². The fraction of sp³-hybridized carbons (Fsp3) is 0.304. The Labute approximate surface area is 182 Å². The van der Waals surface area contributed by atoms with Gasteiger partial charge in [0.15, 0.2) is 0 Å². The molecule has 4 N–H and O–H groups in total. The first kappa shape index (κ1) is 22.5. The molecular weight excluding hydrogens is 412 g/mol. The minimum atomic E-state index is -3.31. The zero-order valence-electron chi connectivity index (χ0n) is 17.8. The van der Waals surface area contributed by atoms with Gasteiger partial charge in [-0.05, 0) is 47.7 Å². The molecule has 0 unspecified atom stereocenters. The fourth-order valence-electron chi connectivity index (χ4n) is 3.57. The Hall–Kier alpha value is -3.15. The predicted octanol–water partition coefficient (Wildman–Crippen LogP) is 2.75. The van der Waals surface area contributed by atoms with Crippen molar-refractivity contribution >= 4 is 26.8 Å². The van der Waals surface area contributed by atoms with Gasteiger partial charge in [-0.3, -0.25) is 4.79 Å². The number of hydrogen-bond acceptors (Lipinski definition) is 4. The van der Waals surface area contributed by atoms with Gasteiger partial charge in [0, 0.05) is 34.6 Å². The molecule has 2 aromatic carbocycles. The predicted molar refractivity (Wildman–Crippen MR) is 121 cm³/mol. The molecule has 0 bridgehead atoms. The molecule has 0 fully saturated rings. The number of nitrogens with one attached hydrogen (secondary N) is 2. The molecule has 0 saturated carbocycles. The third-order valence-electron chi connectivity index (χ3n) is 5.48. The average Bonchev–Trinajstić information content (AvgIpc) is 3.12. The van der Waals surface area contributed by atoms with E-state index in [9.17, 15) is 18.5 Å². The number of nitrogens with two attached hydrogens (primary N) is 1. The summed E-state index contributed by atoms with van der Waals surface area (Å²) < 4.78 is 25.6. The van der Waals surface area contributed by atoms with Crippen LogP contribution in [0, 0.1) is 11.3 Å². The third-order valence-corrected chi connectivity index (χ3v) is 6.15.